The van der Waals surface area contributed by atoms with Crippen LogP contribution in [0.3, 0.4) is 0 Å². The predicted molar refractivity (Wildman–Crippen MR) is 538 cm³/mol. The number of nitrogens with one attached hydrogen (secondary N) is 5. The quantitative estimate of drug-likeness (QED) is 0.0302. The van der Waals surface area contributed by atoms with Crippen molar-refractivity contribution in [1.82, 2.24) is 55.2 Å². The van der Waals surface area contributed by atoms with Crippen molar-refractivity contribution >= 4 is 122 Å². The summed E-state index contributed by atoms with van der Waals surface area (Å²) in [6, 6.07) is 48.0. The molecule has 14 rings (SSSR count). The van der Waals surface area contributed by atoms with Crippen molar-refractivity contribution in [3.05, 3.63) is 222 Å². The molecule has 0 aliphatic carbocycles. The van der Waals surface area contributed by atoms with Crippen LogP contribution in [0.4, 0.5) is 69.5 Å². The zero-order valence-electron chi connectivity index (χ0n) is 82.2. The minimum absolute atomic E-state index is 0.0242. The summed E-state index contributed by atoms with van der Waals surface area (Å²) < 4.78 is 36.8. The Balaban J connectivity index is 0.000000196. The smallest absolute Gasteiger partial charge is 0.412 e. The lowest BCUT2D eigenvalue weighted by Crippen LogP contribution is -2.50. The van der Waals surface area contributed by atoms with Crippen LogP contribution >= 0.6 is 15.9 Å². The zero-order chi connectivity index (χ0) is 101. The molecule has 0 bridgehead atoms. The van der Waals surface area contributed by atoms with Crippen LogP contribution in [-0.2, 0) is 33.2 Å². The van der Waals surface area contributed by atoms with E-state index < -0.39 is 52.3 Å². The molecule has 0 spiro atoms. The Morgan fingerprint density at radius 3 is 0.971 bits per heavy atom. The van der Waals surface area contributed by atoms with Crippen LogP contribution in [0.25, 0.3) is 22.3 Å². The number of pyridine rings is 5. The minimum Gasteiger partial charge on any atom is -0.477 e. The maximum Gasteiger partial charge on any atom is 0.412 e. The number of carboxylic acid groups (broad SMARTS) is 1. The number of piperazine rings is 5. The number of carbonyl (C=O) groups is 10. The number of methoxy groups -OCH3 is 2. The number of anilines is 8. The summed E-state index contributed by atoms with van der Waals surface area (Å²) in [7, 11) is 2.65. The number of halogens is 1. The number of carboxylic acids is 1. The van der Waals surface area contributed by atoms with E-state index in [4.69, 9.17) is 34.5 Å². The third kappa shape index (κ3) is 36.3. The largest absolute Gasteiger partial charge is 0.477 e. The summed E-state index contributed by atoms with van der Waals surface area (Å²) in [4.78, 5) is 155. The maximum absolute atomic E-state index is 13.3. The Morgan fingerprint density at radius 1 is 0.331 bits per heavy atom. The summed E-state index contributed by atoms with van der Waals surface area (Å²) in [6.07, 6.45) is 6.43. The highest BCUT2D eigenvalue weighted by molar-refractivity contribution is 9.10. The van der Waals surface area contributed by atoms with Gasteiger partial charge in [0, 0.05) is 142 Å². The van der Waals surface area contributed by atoms with E-state index in [1.54, 1.807) is 126 Å². The summed E-state index contributed by atoms with van der Waals surface area (Å²) in [6.45, 7) is 42.0. The molecular formula is C101H130BrN19O18. The number of carbonyl (C=O) groups excluding carboxylic acids is 9. The summed E-state index contributed by atoms with van der Waals surface area (Å²) in [5, 5.41) is 23.9. The second kappa shape index (κ2) is 50.7. The number of hydrogen-bond acceptors (Lipinski definition) is 29. The fourth-order valence-electron chi connectivity index (χ4n) is 13.9. The van der Waals surface area contributed by atoms with Crippen LogP contribution in [-0.4, -0.2) is 283 Å². The van der Waals surface area contributed by atoms with Gasteiger partial charge in [0.25, 0.3) is 11.8 Å². The van der Waals surface area contributed by atoms with E-state index in [9.17, 15) is 47.9 Å². The Labute approximate surface area is 820 Å². The molecule has 5 aromatic heterocycles. The Hall–Kier alpha value is -14.3. The average molecular weight is 1980 g/mol. The molecule has 38 heteroatoms. The van der Waals surface area contributed by atoms with Crippen molar-refractivity contribution in [3.63, 3.8) is 0 Å². The van der Waals surface area contributed by atoms with Gasteiger partial charge in [-0.2, -0.15) is 0 Å². The van der Waals surface area contributed by atoms with Gasteiger partial charge in [-0.25, -0.2) is 63.3 Å². The standard InChI is InChI=1S/C32H39N5O5.C22H23N5O.C16H23N3O4.C15H21N3O4.C9H18N2O2.C7H6BrNO2/c1-31(2,3)41-29(39)35-25-14-12-23(22-10-8-7-9-11-22)20-27(25)34-28(38)26-15-13-24(21-33-26)36-16-18-37(19-17-36)30(40)42-32(4,5)6;23-19-8-6-17(16-4-2-1-3-5-16)14-21(19)26-22(28)20-9-7-18(15-25-20)27-12-10-24-11-13-27;1-16(2,3)23-15(21)19-9-7-18(8-10-19)12-5-6-13(17-11-12)14(20)22-4;1-15(2,3)22-14(21)18-8-6-17(7-9-18)11-4-5-12(13(19)20)16-10-11;1-9(2,3)13-8(12)11-6-4-10-5-7-11;1-11-7(10)6-3-2-5(8)4-9-6/h7-15,20-21H,16-19H2,1-6H3,(H,34,38)(H,35,39);1-9,14-15,24H,10-13,23H2,(H,26,28);5-6,11H,7-10H2,1-4H3;4-5,10H,6-9H2,1-3H3,(H,19,20);10H,4-7H2,1-3H3;2-4H,1H3. The van der Waals surface area contributed by atoms with E-state index in [1.165, 1.54) is 20.3 Å². The van der Waals surface area contributed by atoms with Gasteiger partial charge in [-0.15, -0.1) is 0 Å². The summed E-state index contributed by atoms with van der Waals surface area (Å²) >= 11 is 3.20. The van der Waals surface area contributed by atoms with E-state index in [0.29, 0.717) is 113 Å². The normalized spacial score (nSPS) is 14.4. The molecule has 0 radical (unpaired) electrons. The molecule has 0 saturated carbocycles. The minimum atomic E-state index is -1.04. The van der Waals surface area contributed by atoms with E-state index in [1.807, 2.05) is 180 Å². The van der Waals surface area contributed by atoms with Gasteiger partial charge < -0.3 is 104 Å². The van der Waals surface area contributed by atoms with E-state index in [2.05, 4.69) is 96.5 Å². The van der Waals surface area contributed by atoms with Crippen LogP contribution in [0.15, 0.2) is 193 Å². The van der Waals surface area contributed by atoms with E-state index in [-0.39, 0.29) is 53.0 Å². The van der Waals surface area contributed by atoms with Gasteiger partial charge in [0.05, 0.1) is 84.5 Å². The number of rotatable bonds is 14. The molecule has 8 N–H and O–H groups in total. The summed E-state index contributed by atoms with van der Waals surface area (Å²) in [5.41, 5.74) is 14.2. The van der Waals surface area contributed by atoms with Crippen molar-refractivity contribution < 1.29 is 86.2 Å². The second-order valence-electron chi connectivity index (χ2n) is 37.4. The fourth-order valence-corrected chi connectivity index (χ4v) is 14.1. The summed E-state index contributed by atoms with van der Waals surface area (Å²) in [5.74, 6) is -2.61. The number of aromatic nitrogens is 5. The molecule has 5 saturated heterocycles. The molecule has 0 atom stereocenters. The molecule has 9 aromatic rings. The van der Waals surface area contributed by atoms with Crippen LogP contribution in [0.2, 0.25) is 0 Å². The molecular weight excluding hydrogens is 1850 g/mol. The van der Waals surface area contributed by atoms with E-state index >= 15 is 0 Å². The van der Waals surface area contributed by atoms with Gasteiger partial charge in [-0.05, 0) is 227 Å². The molecule has 10 heterocycles. The third-order valence-electron chi connectivity index (χ3n) is 20.8. The number of hydrogen-bond donors (Lipinski definition) is 7. The predicted octanol–water partition coefficient (Wildman–Crippen LogP) is 15.6. The monoisotopic (exact) mass is 1980 g/mol. The van der Waals surface area contributed by atoms with Gasteiger partial charge in [0.1, 0.15) is 56.5 Å². The lowest BCUT2D eigenvalue weighted by Gasteiger charge is -2.36. The highest BCUT2D eigenvalue weighted by Gasteiger charge is 2.32. The SMILES string of the molecule is CC(C)(C)OC(=O)N1CCN(c2ccc(C(=O)O)nc2)CC1.CC(C)(C)OC(=O)N1CCNCC1.CC(C)(C)OC(=O)Nc1ccc(-c2ccccc2)cc1NC(=O)c1ccc(N2CCN(C(=O)OC(C)(C)C)CC2)cn1.COC(=O)c1ccc(Br)cn1.COC(=O)c1ccc(N2CCN(C(=O)OC(C)(C)C)CC2)cn1.Nc1ccc(-c2ccccc2)cc1NC(=O)c1ccc(N2CCNCC2)cn1. The van der Waals surface area contributed by atoms with Gasteiger partial charge in [-0.3, -0.25) is 14.9 Å². The van der Waals surface area contributed by atoms with Gasteiger partial charge in [0.2, 0.25) is 0 Å². The first-order chi connectivity index (χ1) is 65.8. The first-order valence-electron chi connectivity index (χ1n) is 45.7. The first-order valence-corrected chi connectivity index (χ1v) is 46.5. The van der Waals surface area contributed by atoms with Gasteiger partial charge >= 0.3 is 48.4 Å². The number of nitrogens with zero attached hydrogens (tertiary/aromatic N) is 13. The van der Waals surface area contributed by atoms with Gasteiger partial charge in [-0.1, -0.05) is 72.8 Å². The van der Waals surface area contributed by atoms with Crippen molar-refractivity contribution in [2.75, 3.05) is 186 Å². The zero-order valence-corrected chi connectivity index (χ0v) is 83.8. The van der Waals surface area contributed by atoms with Crippen molar-refractivity contribution in [1.29, 1.82) is 0 Å². The number of esters is 2. The number of amides is 7. The number of nitrogen functional groups attached to an aromatic ring is 1. The second-order valence-corrected chi connectivity index (χ2v) is 38.3. The lowest BCUT2D eigenvalue weighted by molar-refractivity contribution is 0.0221. The number of ether oxygens (including phenoxy) is 7. The molecule has 0 unspecified atom stereocenters. The molecule has 5 fully saturated rings. The molecule has 5 aliphatic rings. The van der Waals surface area contributed by atoms with Crippen molar-refractivity contribution in [3.8, 4) is 22.3 Å². The average Bonchev–Trinajstić information content (AvgIpc) is 0.789. The maximum atomic E-state index is 13.3. The molecule has 744 valence electrons. The third-order valence-corrected chi connectivity index (χ3v) is 21.2. The first kappa shape index (κ1) is 108. The Morgan fingerprint density at radius 2 is 0.640 bits per heavy atom. The van der Waals surface area contributed by atoms with Gasteiger partial charge in [0.15, 0.2) is 0 Å². The van der Waals surface area contributed by atoms with Crippen molar-refractivity contribution in [2.45, 2.75) is 132 Å². The fraction of sp³-hybridized carbons (Fsp3) is 0.416. The van der Waals surface area contributed by atoms with Crippen LogP contribution in [0.5, 0.6) is 0 Å². The Kier molecular flexibility index (Phi) is 39.5. The van der Waals surface area contributed by atoms with Crippen LogP contribution in [0.1, 0.15) is 156 Å². The highest BCUT2D eigenvalue weighted by Crippen LogP contribution is 2.33. The Bertz CT molecular complexity index is 5530. The molecule has 37 nitrogen and oxygen atoms in total. The van der Waals surface area contributed by atoms with Crippen molar-refractivity contribution in [2.24, 2.45) is 0 Å². The lowest BCUT2D eigenvalue weighted by atomic mass is 10.0. The molecule has 4 aromatic carbocycles. The molecule has 7 amide bonds. The number of nitrogens with two attached hydrogens (primary N) is 1. The highest BCUT2D eigenvalue weighted by atomic mass is 79.9. The van der Waals surface area contributed by atoms with Crippen LogP contribution in [0, 0.1) is 0 Å². The van der Waals surface area contributed by atoms with Crippen LogP contribution < -0.4 is 51.9 Å². The molecule has 5 aliphatic heterocycles. The number of aromatic carboxylic acids is 1. The van der Waals surface area contributed by atoms with E-state index in [0.717, 1.165) is 102 Å². The number of benzene rings is 4. The topological polar surface area (TPSA) is 432 Å². The molecule has 139 heavy (non-hydrogen) atoms.